The quantitative estimate of drug-likeness (QED) is 0.605. The number of halogens is 2. The maximum Gasteiger partial charge on any atom is 0.162 e. The Bertz CT molecular complexity index is 419. The first kappa shape index (κ1) is 13.5. The first-order valence-electron chi connectivity index (χ1n) is 5.39. The van der Waals surface area contributed by atoms with E-state index in [1.807, 2.05) is 0 Å². The van der Waals surface area contributed by atoms with Crippen LogP contribution in [0.25, 0.3) is 0 Å². The maximum atomic E-state index is 6.13. The number of rotatable bonds is 4. The van der Waals surface area contributed by atoms with Gasteiger partial charge in [0.1, 0.15) is 10.8 Å². The van der Waals surface area contributed by atoms with E-state index in [2.05, 4.69) is 32.6 Å². The van der Waals surface area contributed by atoms with E-state index in [-0.39, 0.29) is 5.60 Å². The van der Waals surface area contributed by atoms with Crippen molar-refractivity contribution in [2.45, 2.75) is 31.5 Å². The molecule has 0 aromatic carbocycles. The van der Waals surface area contributed by atoms with Crippen LogP contribution in [-0.4, -0.2) is 24.2 Å². The molecule has 0 amide bonds. The van der Waals surface area contributed by atoms with Gasteiger partial charge >= 0.3 is 0 Å². The van der Waals surface area contributed by atoms with E-state index in [0.29, 0.717) is 17.6 Å². The van der Waals surface area contributed by atoms with Crippen LogP contribution in [0.15, 0.2) is 0 Å². The summed E-state index contributed by atoms with van der Waals surface area (Å²) in [5, 5.41) is 0.478. The van der Waals surface area contributed by atoms with Crippen LogP contribution in [0.4, 0.5) is 0 Å². The van der Waals surface area contributed by atoms with Gasteiger partial charge in [-0.3, -0.25) is 0 Å². The highest BCUT2D eigenvalue weighted by atomic mass is 127. The monoisotopic (exact) mass is 368 g/mol. The van der Waals surface area contributed by atoms with Crippen LogP contribution in [0.3, 0.4) is 0 Å². The van der Waals surface area contributed by atoms with E-state index in [1.165, 1.54) is 0 Å². The lowest BCUT2D eigenvalue weighted by Crippen LogP contribution is -2.38. The summed E-state index contributed by atoms with van der Waals surface area (Å²) >= 11 is 8.27. The summed E-state index contributed by atoms with van der Waals surface area (Å²) in [6, 6.07) is 0. The van der Waals surface area contributed by atoms with Crippen molar-refractivity contribution in [1.82, 2.24) is 9.97 Å². The molecule has 17 heavy (non-hydrogen) atoms. The largest absolute Gasteiger partial charge is 0.378 e. The summed E-state index contributed by atoms with van der Waals surface area (Å²) in [5.74, 6) is 0.684. The van der Waals surface area contributed by atoms with Crippen LogP contribution >= 0.6 is 34.2 Å². The van der Waals surface area contributed by atoms with Crippen molar-refractivity contribution in [2.75, 3.05) is 14.2 Å². The molecule has 0 aliphatic heterocycles. The zero-order chi connectivity index (χ0) is 12.5. The number of aromatic nitrogens is 2. The molecule has 0 N–H and O–H groups in total. The Balaban J connectivity index is 2.41. The molecule has 1 aliphatic carbocycles. The SMILES string of the molecule is COCc1nc(C2(OC)CCC2)nc(Cl)c1I. The summed E-state index contributed by atoms with van der Waals surface area (Å²) in [5.41, 5.74) is 0.489. The Hall–Kier alpha value is 0.0200. The fourth-order valence-electron chi connectivity index (χ4n) is 1.92. The highest BCUT2D eigenvalue weighted by molar-refractivity contribution is 14.1. The molecule has 1 aliphatic rings. The molecule has 0 spiro atoms. The van der Waals surface area contributed by atoms with Gasteiger partial charge in [0, 0.05) is 14.2 Å². The summed E-state index contributed by atoms with van der Waals surface area (Å²) in [4.78, 5) is 8.88. The summed E-state index contributed by atoms with van der Waals surface area (Å²) in [6.45, 7) is 0.438. The molecule has 1 aromatic heterocycles. The average Bonchev–Trinajstić information content (AvgIpc) is 2.24. The number of nitrogens with zero attached hydrogens (tertiary/aromatic N) is 2. The molecule has 0 atom stereocenters. The third kappa shape index (κ3) is 2.43. The maximum absolute atomic E-state index is 6.13. The van der Waals surface area contributed by atoms with Crippen molar-refractivity contribution in [3.8, 4) is 0 Å². The molecular formula is C11H14ClIN2O2. The van der Waals surface area contributed by atoms with Crippen molar-refractivity contribution in [3.63, 3.8) is 0 Å². The highest BCUT2D eigenvalue weighted by Crippen LogP contribution is 2.43. The first-order chi connectivity index (χ1) is 8.13. The van der Waals surface area contributed by atoms with Gasteiger partial charge in [-0.25, -0.2) is 9.97 Å². The zero-order valence-electron chi connectivity index (χ0n) is 9.80. The predicted molar refractivity (Wildman–Crippen MR) is 73.0 cm³/mol. The van der Waals surface area contributed by atoms with E-state index in [0.717, 1.165) is 28.5 Å². The second-order valence-electron chi connectivity index (χ2n) is 4.08. The predicted octanol–water partition coefficient (Wildman–Crippen LogP) is 2.91. The van der Waals surface area contributed by atoms with Crippen LogP contribution in [0.5, 0.6) is 0 Å². The molecule has 1 heterocycles. The van der Waals surface area contributed by atoms with Crippen molar-refractivity contribution in [2.24, 2.45) is 0 Å². The number of hydrogen-bond donors (Lipinski definition) is 0. The van der Waals surface area contributed by atoms with Gasteiger partial charge in [0.15, 0.2) is 5.82 Å². The molecule has 0 bridgehead atoms. The minimum atomic E-state index is -0.337. The van der Waals surface area contributed by atoms with Crippen LogP contribution in [-0.2, 0) is 21.7 Å². The molecule has 1 aromatic rings. The Morgan fingerprint density at radius 1 is 1.35 bits per heavy atom. The van der Waals surface area contributed by atoms with Crippen LogP contribution < -0.4 is 0 Å². The molecule has 4 nitrogen and oxygen atoms in total. The van der Waals surface area contributed by atoms with Crippen LogP contribution in [0, 0.1) is 3.57 Å². The average molecular weight is 369 g/mol. The van der Waals surface area contributed by atoms with Crippen molar-refractivity contribution in [1.29, 1.82) is 0 Å². The Kier molecular flexibility index (Phi) is 4.22. The molecule has 0 radical (unpaired) electrons. The lowest BCUT2D eigenvalue weighted by atomic mass is 9.79. The van der Waals surface area contributed by atoms with Crippen molar-refractivity contribution >= 4 is 34.2 Å². The summed E-state index contributed by atoms with van der Waals surface area (Å²) in [7, 11) is 3.34. The van der Waals surface area contributed by atoms with Crippen LogP contribution in [0.2, 0.25) is 5.15 Å². The third-order valence-corrected chi connectivity index (χ3v) is 4.85. The number of ether oxygens (including phenoxy) is 2. The van der Waals surface area contributed by atoms with Gasteiger partial charge in [0.25, 0.3) is 0 Å². The van der Waals surface area contributed by atoms with E-state index in [1.54, 1.807) is 14.2 Å². The van der Waals surface area contributed by atoms with Gasteiger partial charge in [-0.2, -0.15) is 0 Å². The van der Waals surface area contributed by atoms with Gasteiger partial charge in [0.05, 0.1) is 15.9 Å². The molecule has 1 saturated carbocycles. The van der Waals surface area contributed by atoms with E-state index >= 15 is 0 Å². The second-order valence-corrected chi connectivity index (χ2v) is 5.52. The molecule has 0 unspecified atom stereocenters. The minimum absolute atomic E-state index is 0.337. The first-order valence-corrected chi connectivity index (χ1v) is 6.85. The Labute approximate surface area is 119 Å². The fourth-order valence-corrected chi connectivity index (χ4v) is 2.50. The lowest BCUT2D eigenvalue weighted by molar-refractivity contribution is -0.0849. The van der Waals surface area contributed by atoms with E-state index in [4.69, 9.17) is 21.1 Å². The van der Waals surface area contributed by atoms with Gasteiger partial charge in [0.2, 0.25) is 0 Å². The zero-order valence-corrected chi connectivity index (χ0v) is 12.7. The molecule has 2 rings (SSSR count). The van der Waals surface area contributed by atoms with Gasteiger partial charge in [-0.15, -0.1) is 0 Å². The summed E-state index contributed by atoms with van der Waals surface area (Å²) < 4.78 is 11.5. The van der Waals surface area contributed by atoms with E-state index in [9.17, 15) is 0 Å². The smallest absolute Gasteiger partial charge is 0.162 e. The lowest BCUT2D eigenvalue weighted by Gasteiger charge is -2.39. The topological polar surface area (TPSA) is 44.2 Å². The minimum Gasteiger partial charge on any atom is -0.378 e. The molecule has 6 heteroatoms. The van der Waals surface area contributed by atoms with Crippen molar-refractivity contribution < 1.29 is 9.47 Å². The Morgan fingerprint density at radius 2 is 2.06 bits per heavy atom. The van der Waals surface area contributed by atoms with Gasteiger partial charge in [-0.1, -0.05) is 11.6 Å². The number of methoxy groups -OCH3 is 2. The molecule has 1 fully saturated rings. The third-order valence-electron chi connectivity index (χ3n) is 3.12. The Morgan fingerprint density at radius 3 is 2.53 bits per heavy atom. The second kappa shape index (κ2) is 5.34. The standard InChI is InChI=1S/C11H14ClIN2O2/c1-16-6-7-8(13)9(12)15-10(14-7)11(17-2)4-3-5-11/h3-6H2,1-2H3. The fraction of sp³-hybridized carbons (Fsp3) is 0.636. The number of hydrogen-bond acceptors (Lipinski definition) is 4. The molecule has 94 valence electrons. The van der Waals surface area contributed by atoms with Crippen molar-refractivity contribution in [3.05, 3.63) is 20.2 Å². The van der Waals surface area contributed by atoms with Gasteiger partial charge < -0.3 is 9.47 Å². The van der Waals surface area contributed by atoms with Crippen LogP contribution in [0.1, 0.15) is 30.8 Å². The van der Waals surface area contributed by atoms with E-state index < -0.39 is 0 Å². The normalized spacial score (nSPS) is 17.9. The molecule has 0 saturated heterocycles. The van der Waals surface area contributed by atoms with Gasteiger partial charge in [-0.05, 0) is 41.9 Å². The summed E-state index contributed by atoms with van der Waals surface area (Å²) in [6.07, 6.45) is 3.04. The highest BCUT2D eigenvalue weighted by Gasteiger charge is 2.42. The molecular weight excluding hydrogens is 354 g/mol.